The molecule has 17 heavy (non-hydrogen) atoms. The summed E-state index contributed by atoms with van der Waals surface area (Å²) in [6, 6.07) is 10.4. The van der Waals surface area contributed by atoms with Crippen LogP contribution < -0.4 is 5.73 Å². The quantitative estimate of drug-likeness (QED) is 0.611. The third-order valence-corrected chi connectivity index (χ3v) is 2.30. The van der Waals surface area contributed by atoms with E-state index in [0.717, 1.165) is 6.42 Å². The molecule has 0 saturated carbocycles. The zero-order valence-electron chi connectivity index (χ0n) is 10.5. The highest BCUT2D eigenvalue weighted by atomic mass is 14.6. The molecule has 1 rings (SSSR count). The molecule has 0 aliphatic carbocycles. The van der Waals surface area contributed by atoms with Gasteiger partial charge in [-0.3, -0.25) is 4.99 Å². The van der Waals surface area contributed by atoms with Crippen LogP contribution in [-0.4, -0.2) is 19.3 Å². The Bertz CT molecular complexity index is 400. The smallest absolute Gasteiger partial charge is 0.0277 e. The summed E-state index contributed by atoms with van der Waals surface area (Å²) >= 11 is 0. The van der Waals surface area contributed by atoms with Crippen LogP contribution in [0.2, 0.25) is 0 Å². The number of rotatable bonds is 5. The van der Waals surface area contributed by atoms with Crippen molar-refractivity contribution in [3.05, 3.63) is 59.7 Å². The summed E-state index contributed by atoms with van der Waals surface area (Å²) in [5.74, 6) is 0. The zero-order chi connectivity index (χ0) is 12.5. The molecule has 2 heteroatoms. The van der Waals surface area contributed by atoms with Gasteiger partial charge in [-0.05, 0) is 30.6 Å². The molecule has 0 radical (unpaired) electrons. The number of benzene rings is 1. The van der Waals surface area contributed by atoms with Crippen LogP contribution in [0.1, 0.15) is 12.5 Å². The van der Waals surface area contributed by atoms with E-state index in [1.807, 2.05) is 31.4 Å². The highest BCUT2D eigenvalue weighted by molar-refractivity contribution is 5.73. The molecule has 2 N–H and O–H groups in total. The van der Waals surface area contributed by atoms with Gasteiger partial charge in [0.25, 0.3) is 0 Å². The van der Waals surface area contributed by atoms with Crippen LogP contribution in [-0.2, 0) is 6.42 Å². The Kier molecular flexibility index (Phi) is 5.97. The molecule has 90 valence electrons. The number of allylic oxidation sites excluding steroid dienone is 3. The third kappa shape index (κ3) is 5.83. The SMILES string of the molecule is CN=C/C=C(\C=CC(C)N)Cc1ccccc1. The van der Waals surface area contributed by atoms with Gasteiger partial charge in [0.15, 0.2) is 0 Å². The molecule has 0 aliphatic rings. The lowest BCUT2D eigenvalue weighted by Crippen LogP contribution is -2.10. The van der Waals surface area contributed by atoms with Gasteiger partial charge in [0, 0.05) is 19.3 Å². The molecule has 0 saturated heterocycles. The van der Waals surface area contributed by atoms with Crippen molar-refractivity contribution in [2.24, 2.45) is 10.7 Å². The second kappa shape index (κ2) is 7.58. The Hall–Kier alpha value is -1.67. The minimum Gasteiger partial charge on any atom is -0.325 e. The van der Waals surface area contributed by atoms with Crippen LogP contribution >= 0.6 is 0 Å². The molecule has 0 bridgehead atoms. The number of hydrogen-bond donors (Lipinski definition) is 1. The van der Waals surface area contributed by atoms with E-state index in [9.17, 15) is 0 Å². The van der Waals surface area contributed by atoms with Gasteiger partial charge in [-0.2, -0.15) is 0 Å². The van der Waals surface area contributed by atoms with Crippen molar-refractivity contribution in [3.8, 4) is 0 Å². The molecule has 1 aromatic carbocycles. The maximum Gasteiger partial charge on any atom is 0.0277 e. The number of hydrogen-bond acceptors (Lipinski definition) is 2. The number of aliphatic imine (C=N–C) groups is 1. The molecule has 0 amide bonds. The van der Waals surface area contributed by atoms with E-state index in [1.54, 1.807) is 7.05 Å². The lowest BCUT2D eigenvalue weighted by Gasteiger charge is -2.03. The van der Waals surface area contributed by atoms with Crippen molar-refractivity contribution in [3.63, 3.8) is 0 Å². The summed E-state index contributed by atoms with van der Waals surface area (Å²) in [6.07, 6.45) is 8.80. The van der Waals surface area contributed by atoms with Crippen LogP contribution in [0.15, 0.2) is 59.1 Å². The number of nitrogens with two attached hydrogens (primary N) is 1. The van der Waals surface area contributed by atoms with Crippen molar-refractivity contribution in [1.29, 1.82) is 0 Å². The van der Waals surface area contributed by atoms with Crippen LogP contribution in [0.4, 0.5) is 0 Å². The van der Waals surface area contributed by atoms with Crippen molar-refractivity contribution in [1.82, 2.24) is 0 Å². The predicted octanol–water partition coefficient (Wildman–Crippen LogP) is 2.76. The van der Waals surface area contributed by atoms with E-state index < -0.39 is 0 Å². The molecule has 0 aromatic heterocycles. The molecule has 1 unspecified atom stereocenters. The van der Waals surface area contributed by atoms with Crippen molar-refractivity contribution >= 4 is 6.21 Å². The normalized spacial score (nSPS) is 14.6. The third-order valence-electron chi connectivity index (χ3n) is 2.30. The zero-order valence-corrected chi connectivity index (χ0v) is 10.5. The first kappa shape index (κ1) is 13.4. The molecule has 2 nitrogen and oxygen atoms in total. The Morgan fingerprint density at radius 3 is 2.65 bits per heavy atom. The highest BCUT2D eigenvalue weighted by Crippen LogP contribution is 2.09. The molecule has 0 heterocycles. The van der Waals surface area contributed by atoms with Crippen molar-refractivity contribution < 1.29 is 0 Å². The summed E-state index contributed by atoms with van der Waals surface area (Å²) in [7, 11) is 1.77. The maximum absolute atomic E-state index is 5.72. The summed E-state index contributed by atoms with van der Waals surface area (Å²) in [5, 5.41) is 0. The molecular weight excluding hydrogens is 208 g/mol. The second-order valence-corrected chi connectivity index (χ2v) is 4.03. The van der Waals surface area contributed by atoms with Gasteiger partial charge in [-0.1, -0.05) is 42.5 Å². The summed E-state index contributed by atoms with van der Waals surface area (Å²) in [5.41, 5.74) is 8.21. The van der Waals surface area contributed by atoms with E-state index in [0.29, 0.717) is 0 Å². The predicted molar refractivity (Wildman–Crippen MR) is 75.4 cm³/mol. The fourth-order valence-corrected chi connectivity index (χ4v) is 1.45. The topological polar surface area (TPSA) is 38.4 Å². The van der Waals surface area contributed by atoms with Gasteiger partial charge in [0.2, 0.25) is 0 Å². The average molecular weight is 228 g/mol. The van der Waals surface area contributed by atoms with Crippen LogP contribution in [0.3, 0.4) is 0 Å². The standard InChI is InChI=1S/C15H20N2/c1-13(16)8-9-15(10-11-17-2)12-14-6-4-3-5-7-14/h3-11,13H,12,16H2,1-2H3/b9-8?,15-10+,17-11?. The fourth-order valence-electron chi connectivity index (χ4n) is 1.45. The van der Waals surface area contributed by atoms with Crippen molar-refractivity contribution in [2.45, 2.75) is 19.4 Å². The Morgan fingerprint density at radius 2 is 2.06 bits per heavy atom. The molecule has 0 aliphatic heterocycles. The largest absolute Gasteiger partial charge is 0.325 e. The Labute approximate surface area is 104 Å². The van der Waals surface area contributed by atoms with Gasteiger partial charge < -0.3 is 5.73 Å². The first-order valence-corrected chi connectivity index (χ1v) is 5.81. The summed E-state index contributed by atoms with van der Waals surface area (Å²) < 4.78 is 0. The summed E-state index contributed by atoms with van der Waals surface area (Å²) in [4.78, 5) is 3.98. The number of nitrogens with zero attached hydrogens (tertiary/aromatic N) is 1. The monoisotopic (exact) mass is 228 g/mol. The highest BCUT2D eigenvalue weighted by Gasteiger charge is 1.95. The molecule has 0 spiro atoms. The maximum atomic E-state index is 5.72. The first-order chi connectivity index (χ1) is 8.22. The van der Waals surface area contributed by atoms with Gasteiger partial charge in [0.1, 0.15) is 0 Å². The van der Waals surface area contributed by atoms with Gasteiger partial charge in [-0.25, -0.2) is 0 Å². The second-order valence-electron chi connectivity index (χ2n) is 4.03. The van der Waals surface area contributed by atoms with Gasteiger partial charge in [0.05, 0.1) is 0 Å². The van der Waals surface area contributed by atoms with Crippen LogP contribution in [0.25, 0.3) is 0 Å². The van der Waals surface area contributed by atoms with E-state index in [4.69, 9.17) is 5.73 Å². The minimum atomic E-state index is 0.0766. The Morgan fingerprint density at radius 1 is 1.35 bits per heavy atom. The first-order valence-electron chi connectivity index (χ1n) is 5.81. The molecule has 0 fully saturated rings. The minimum absolute atomic E-state index is 0.0766. The summed E-state index contributed by atoms with van der Waals surface area (Å²) in [6.45, 7) is 1.96. The molecule has 1 aromatic rings. The Balaban J connectivity index is 2.78. The average Bonchev–Trinajstić information content (AvgIpc) is 2.34. The van der Waals surface area contributed by atoms with Gasteiger partial charge in [-0.15, -0.1) is 0 Å². The molecular formula is C15H20N2. The lowest BCUT2D eigenvalue weighted by molar-refractivity contribution is 0.923. The van der Waals surface area contributed by atoms with Crippen LogP contribution in [0, 0.1) is 0 Å². The van der Waals surface area contributed by atoms with E-state index >= 15 is 0 Å². The van der Waals surface area contributed by atoms with E-state index in [1.165, 1.54) is 11.1 Å². The van der Waals surface area contributed by atoms with E-state index in [-0.39, 0.29) is 6.04 Å². The fraction of sp³-hybridized carbons (Fsp3) is 0.267. The van der Waals surface area contributed by atoms with Crippen LogP contribution in [0.5, 0.6) is 0 Å². The molecule has 1 atom stereocenters. The van der Waals surface area contributed by atoms with Gasteiger partial charge >= 0.3 is 0 Å². The van der Waals surface area contributed by atoms with Crippen molar-refractivity contribution in [2.75, 3.05) is 7.05 Å². The lowest BCUT2D eigenvalue weighted by atomic mass is 10.0. The van der Waals surface area contributed by atoms with E-state index in [2.05, 4.69) is 35.3 Å².